The van der Waals surface area contributed by atoms with E-state index in [1.54, 1.807) is 11.3 Å². The second-order valence-electron chi connectivity index (χ2n) is 5.94. The molecule has 0 radical (unpaired) electrons. The fourth-order valence-electron chi connectivity index (χ4n) is 2.74. The summed E-state index contributed by atoms with van der Waals surface area (Å²) in [6.45, 7) is 0.901. The van der Waals surface area contributed by atoms with Crippen molar-refractivity contribution in [2.75, 3.05) is 20.3 Å². The molecule has 1 aromatic heterocycles. The highest BCUT2D eigenvalue weighted by atomic mass is 32.1. The first kappa shape index (κ1) is 17.3. The van der Waals surface area contributed by atoms with Crippen molar-refractivity contribution in [2.45, 2.75) is 13.0 Å². The molecule has 4 amide bonds. The second-order valence-corrected chi connectivity index (χ2v) is 6.98. The molecule has 3 rings (SSSR count). The Morgan fingerprint density at radius 3 is 2.36 bits per heavy atom. The zero-order valence-corrected chi connectivity index (χ0v) is 14.7. The Bertz CT molecular complexity index is 761. The van der Waals surface area contributed by atoms with Crippen LogP contribution in [0.1, 0.15) is 10.4 Å². The monoisotopic (exact) mass is 357 g/mol. The minimum absolute atomic E-state index is 0.0911. The van der Waals surface area contributed by atoms with E-state index in [1.165, 1.54) is 0 Å². The third-order valence-corrected chi connectivity index (χ3v) is 4.91. The van der Waals surface area contributed by atoms with E-state index in [1.807, 2.05) is 59.8 Å². The van der Waals surface area contributed by atoms with Gasteiger partial charge in [-0.25, -0.2) is 9.69 Å². The van der Waals surface area contributed by atoms with E-state index in [9.17, 15) is 14.4 Å². The Labute approximate surface area is 150 Å². The van der Waals surface area contributed by atoms with Gasteiger partial charge in [0.25, 0.3) is 0 Å². The largest absolute Gasteiger partial charge is 0.335 e. The Morgan fingerprint density at radius 2 is 1.68 bits per heavy atom. The minimum Gasteiger partial charge on any atom is -0.284 e. The summed E-state index contributed by atoms with van der Waals surface area (Å²) in [7, 11) is 1.81. The molecule has 25 heavy (non-hydrogen) atoms. The number of carbonyl (C=O) groups excluding carboxylic acids is 3. The van der Waals surface area contributed by atoms with E-state index in [-0.39, 0.29) is 13.2 Å². The molecule has 0 aliphatic carbocycles. The highest BCUT2D eigenvalue weighted by Crippen LogP contribution is 2.16. The summed E-state index contributed by atoms with van der Waals surface area (Å²) in [5.41, 5.74) is 1.07. The van der Waals surface area contributed by atoms with Crippen molar-refractivity contribution in [3.05, 3.63) is 58.3 Å². The topological polar surface area (TPSA) is 60.9 Å². The van der Waals surface area contributed by atoms with Crippen LogP contribution in [-0.2, 0) is 22.6 Å². The molecule has 6 nitrogen and oxygen atoms in total. The Morgan fingerprint density at radius 1 is 0.960 bits per heavy atom. The summed E-state index contributed by atoms with van der Waals surface area (Å²) in [5, 5.41) is 1.94. The number of hydrogen-bond acceptors (Lipinski definition) is 5. The summed E-state index contributed by atoms with van der Waals surface area (Å²) >= 11 is 1.57. The number of imide groups is 2. The van der Waals surface area contributed by atoms with Crippen LogP contribution >= 0.6 is 11.3 Å². The van der Waals surface area contributed by atoms with Crippen LogP contribution in [-0.4, -0.2) is 52.8 Å². The van der Waals surface area contributed by atoms with E-state index in [0.29, 0.717) is 13.0 Å². The van der Waals surface area contributed by atoms with Crippen molar-refractivity contribution in [1.29, 1.82) is 0 Å². The highest BCUT2D eigenvalue weighted by Gasteiger charge is 2.44. The van der Waals surface area contributed by atoms with Gasteiger partial charge in [0, 0.05) is 24.4 Å². The van der Waals surface area contributed by atoms with Gasteiger partial charge in [0.2, 0.25) is 0 Å². The van der Waals surface area contributed by atoms with Crippen molar-refractivity contribution in [3.63, 3.8) is 0 Å². The first-order valence-electron chi connectivity index (χ1n) is 7.98. The fourth-order valence-corrected chi connectivity index (χ4v) is 3.43. The summed E-state index contributed by atoms with van der Waals surface area (Å²) in [6.07, 6.45) is 0.566. The standard InChI is InChI=1S/C18H19N3O3S/c1-19(12-14-6-3-2-4-7-14)13-21-17(23)16(22)20(18(21)24)10-9-15-8-5-11-25-15/h2-8,11H,9-10,12-13H2,1H3. The average molecular weight is 357 g/mol. The molecule has 0 bridgehead atoms. The van der Waals surface area contributed by atoms with Gasteiger partial charge >= 0.3 is 17.8 Å². The predicted octanol–water partition coefficient (Wildman–Crippen LogP) is 2.17. The molecule has 7 heteroatoms. The molecule has 1 fully saturated rings. The molecule has 0 spiro atoms. The summed E-state index contributed by atoms with van der Waals surface area (Å²) in [6, 6.07) is 13.1. The van der Waals surface area contributed by atoms with Gasteiger partial charge in [-0.2, -0.15) is 0 Å². The molecular formula is C18H19N3O3S. The van der Waals surface area contributed by atoms with Crippen LogP contribution in [0.15, 0.2) is 47.8 Å². The van der Waals surface area contributed by atoms with Crippen LogP contribution in [0.2, 0.25) is 0 Å². The fraction of sp³-hybridized carbons (Fsp3) is 0.278. The van der Waals surface area contributed by atoms with Crippen LogP contribution < -0.4 is 0 Å². The Hall–Kier alpha value is -2.51. The van der Waals surface area contributed by atoms with Gasteiger partial charge < -0.3 is 0 Å². The van der Waals surface area contributed by atoms with Crippen LogP contribution in [0.4, 0.5) is 4.79 Å². The number of rotatable bonds is 7. The van der Waals surface area contributed by atoms with Crippen molar-refractivity contribution in [2.24, 2.45) is 0 Å². The lowest BCUT2D eigenvalue weighted by Crippen LogP contribution is -2.40. The van der Waals surface area contributed by atoms with E-state index in [2.05, 4.69) is 0 Å². The van der Waals surface area contributed by atoms with Crippen molar-refractivity contribution in [1.82, 2.24) is 14.7 Å². The van der Waals surface area contributed by atoms with Gasteiger partial charge in [-0.15, -0.1) is 11.3 Å². The van der Waals surface area contributed by atoms with Crippen LogP contribution in [0.25, 0.3) is 0 Å². The minimum atomic E-state index is -0.754. The van der Waals surface area contributed by atoms with Crippen molar-refractivity contribution in [3.8, 4) is 0 Å². The quantitative estimate of drug-likeness (QED) is 0.563. The molecule has 1 aliphatic rings. The Kier molecular flexibility index (Phi) is 5.25. The van der Waals surface area contributed by atoms with Crippen LogP contribution in [0.3, 0.4) is 0 Å². The molecule has 1 saturated heterocycles. The number of carbonyl (C=O) groups is 3. The van der Waals surface area contributed by atoms with E-state index in [4.69, 9.17) is 0 Å². The molecule has 1 aromatic carbocycles. The van der Waals surface area contributed by atoms with Gasteiger partial charge in [0.15, 0.2) is 0 Å². The SMILES string of the molecule is CN(Cc1ccccc1)CN1C(=O)C(=O)N(CCc2cccs2)C1=O. The van der Waals surface area contributed by atoms with Gasteiger partial charge in [0.1, 0.15) is 0 Å². The number of amides is 4. The molecule has 2 heterocycles. The predicted molar refractivity (Wildman–Crippen MR) is 94.8 cm³/mol. The summed E-state index contributed by atoms with van der Waals surface area (Å²) in [4.78, 5) is 41.7. The lowest BCUT2D eigenvalue weighted by atomic mass is 10.2. The maximum atomic E-state index is 12.5. The highest BCUT2D eigenvalue weighted by molar-refractivity contribution is 7.09. The lowest BCUT2D eigenvalue weighted by Gasteiger charge is -2.22. The number of benzene rings is 1. The molecular weight excluding hydrogens is 338 g/mol. The summed E-state index contributed by atoms with van der Waals surface area (Å²) < 4.78 is 0. The smallest absolute Gasteiger partial charge is 0.284 e. The zero-order chi connectivity index (χ0) is 17.8. The number of urea groups is 1. The van der Waals surface area contributed by atoms with E-state index < -0.39 is 17.8 Å². The van der Waals surface area contributed by atoms with Gasteiger partial charge in [-0.3, -0.25) is 19.4 Å². The van der Waals surface area contributed by atoms with E-state index in [0.717, 1.165) is 20.2 Å². The normalized spacial score (nSPS) is 14.9. The van der Waals surface area contributed by atoms with Crippen molar-refractivity contribution < 1.29 is 14.4 Å². The maximum absolute atomic E-state index is 12.5. The third-order valence-electron chi connectivity index (χ3n) is 3.98. The number of nitrogens with zero attached hydrogens (tertiary/aromatic N) is 3. The first-order chi connectivity index (χ1) is 12.1. The third kappa shape index (κ3) is 3.94. The van der Waals surface area contributed by atoms with Crippen molar-refractivity contribution >= 4 is 29.2 Å². The molecule has 0 N–H and O–H groups in total. The van der Waals surface area contributed by atoms with Crippen LogP contribution in [0, 0.1) is 0 Å². The molecule has 130 valence electrons. The van der Waals surface area contributed by atoms with Gasteiger partial charge in [-0.05, 0) is 24.1 Å². The zero-order valence-electron chi connectivity index (χ0n) is 13.9. The first-order valence-corrected chi connectivity index (χ1v) is 8.86. The Balaban J connectivity index is 1.60. The lowest BCUT2D eigenvalue weighted by molar-refractivity contribution is -0.143. The second kappa shape index (κ2) is 7.58. The maximum Gasteiger partial charge on any atom is 0.335 e. The summed E-state index contributed by atoms with van der Waals surface area (Å²) in [5.74, 6) is -1.49. The van der Waals surface area contributed by atoms with Gasteiger partial charge in [-0.1, -0.05) is 36.4 Å². The molecule has 0 unspecified atom stereocenters. The number of thiophene rings is 1. The van der Waals surface area contributed by atoms with Crippen LogP contribution in [0.5, 0.6) is 0 Å². The van der Waals surface area contributed by atoms with E-state index >= 15 is 0 Å². The molecule has 2 aromatic rings. The average Bonchev–Trinajstić information content (AvgIpc) is 3.18. The molecule has 0 saturated carbocycles. The molecule has 0 atom stereocenters. The molecule has 1 aliphatic heterocycles. The number of hydrogen-bond donors (Lipinski definition) is 0. The van der Waals surface area contributed by atoms with Gasteiger partial charge in [0.05, 0.1) is 6.67 Å².